The molecule has 3 nitrogen and oxygen atoms in total. The van der Waals surface area contributed by atoms with Crippen LogP contribution in [-0.4, -0.2) is 18.4 Å². The first-order chi connectivity index (χ1) is 8.88. The lowest BCUT2D eigenvalue weighted by molar-refractivity contribution is -0.143. The molecule has 0 bridgehead atoms. The zero-order chi connectivity index (χ0) is 14.6. The van der Waals surface area contributed by atoms with Crippen LogP contribution in [0.15, 0.2) is 6.07 Å². The second-order valence-electron chi connectivity index (χ2n) is 3.58. The Balaban J connectivity index is 2.86. The van der Waals surface area contributed by atoms with Crippen molar-refractivity contribution in [2.24, 2.45) is 0 Å². The minimum absolute atomic E-state index is 0.112. The first-order valence-corrected chi connectivity index (χ1v) is 5.40. The van der Waals surface area contributed by atoms with Crippen LogP contribution in [0.2, 0.25) is 0 Å². The van der Waals surface area contributed by atoms with E-state index in [4.69, 9.17) is 0 Å². The van der Waals surface area contributed by atoms with E-state index in [1.165, 1.54) is 0 Å². The number of carbonyl (C=O) groups excluding carboxylic acids is 2. The largest absolute Gasteiger partial charge is 0.466 e. The smallest absolute Gasteiger partial charge is 0.306 e. The molecule has 19 heavy (non-hydrogen) atoms. The molecule has 0 radical (unpaired) electrons. The molecular weight excluding hydrogens is 268 g/mol. The third-order valence-corrected chi connectivity index (χ3v) is 2.26. The van der Waals surface area contributed by atoms with Crippen LogP contribution < -0.4 is 0 Å². The highest BCUT2D eigenvalue weighted by Gasteiger charge is 2.23. The van der Waals surface area contributed by atoms with Gasteiger partial charge in [-0.1, -0.05) is 0 Å². The standard InChI is InChI=1S/C12H10F4O3/c1-2-19-9(18)4-3-8(17)6-5-7(13)11(15)12(16)10(6)14/h5H,2-4H2,1H3. The van der Waals surface area contributed by atoms with Crippen molar-refractivity contribution in [3.63, 3.8) is 0 Å². The predicted octanol–water partition coefficient (Wildman–Crippen LogP) is 2.77. The molecule has 0 saturated carbocycles. The summed E-state index contributed by atoms with van der Waals surface area (Å²) in [5.41, 5.74) is -0.930. The van der Waals surface area contributed by atoms with E-state index in [1.54, 1.807) is 6.92 Å². The third-order valence-electron chi connectivity index (χ3n) is 2.26. The van der Waals surface area contributed by atoms with Gasteiger partial charge in [0.2, 0.25) is 0 Å². The van der Waals surface area contributed by atoms with Crippen LogP contribution in [0.5, 0.6) is 0 Å². The second kappa shape index (κ2) is 6.31. The Morgan fingerprint density at radius 1 is 1.05 bits per heavy atom. The van der Waals surface area contributed by atoms with E-state index in [9.17, 15) is 27.2 Å². The monoisotopic (exact) mass is 278 g/mol. The van der Waals surface area contributed by atoms with Gasteiger partial charge in [-0.15, -0.1) is 0 Å². The van der Waals surface area contributed by atoms with Gasteiger partial charge in [0.25, 0.3) is 0 Å². The Morgan fingerprint density at radius 2 is 1.68 bits per heavy atom. The maximum atomic E-state index is 13.2. The van der Waals surface area contributed by atoms with Gasteiger partial charge >= 0.3 is 5.97 Å². The highest BCUT2D eigenvalue weighted by molar-refractivity contribution is 5.97. The van der Waals surface area contributed by atoms with Crippen molar-refractivity contribution in [3.05, 3.63) is 34.9 Å². The molecule has 0 N–H and O–H groups in total. The van der Waals surface area contributed by atoms with Gasteiger partial charge in [-0.25, -0.2) is 17.6 Å². The van der Waals surface area contributed by atoms with E-state index in [2.05, 4.69) is 4.74 Å². The molecule has 0 amide bonds. The molecule has 0 aromatic heterocycles. The molecular formula is C12H10F4O3. The van der Waals surface area contributed by atoms with Crippen molar-refractivity contribution in [1.82, 2.24) is 0 Å². The Bertz CT molecular complexity index is 514. The summed E-state index contributed by atoms with van der Waals surface area (Å²) in [6, 6.07) is 0.265. The van der Waals surface area contributed by atoms with Crippen LogP contribution in [0.25, 0.3) is 0 Å². The summed E-state index contributed by atoms with van der Waals surface area (Å²) in [6.45, 7) is 1.67. The molecule has 0 aliphatic rings. The average Bonchev–Trinajstić information content (AvgIpc) is 2.38. The van der Waals surface area contributed by atoms with Gasteiger partial charge in [0.15, 0.2) is 29.1 Å². The van der Waals surface area contributed by atoms with Crippen molar-refractivity contribution >= 4 is 11.8 Å². The van der Waals surface area contributed by atoms with Crippen LogP contribution in [-0.2, 0) is 9.53 Å². The van der Waals surface area contributed by atoms with Crippen molar-refractivity contribution in [1.29, 1.82) is 0 Å². The van der Waals surface area contributed by atoms with E-state index < -0.39 is 47.0 Å². The van der Waals surface area contributed by atoms with E-state index >= 15 is 0 Å². The van der Waals surface area contributed by atoms with Crippen LogP contribution in [0, 0.1) is 23.3 Å². The quantitative estimate of drug-likeness (QED) is 0.273. The first-order valence-electron chi connectivity index (χ1n) is 5.40. The Hall–Kier alpha value is -1.92. The van der Waals surface area contributed by atoms with Crippen LogP contribution in [0.3, 0.4) is 0 Å². The minimum atomic E-state index is -2.06. The number of ketones is 1. The molecule has 1 aromatic rings. The van der Waals surface area contributed by atoms with Crippen LogP contribution in [0.4, 0.5) is 17.6 Å². The highest BCUT2D eigenvalue weighted by Crippen LogP contribution is 2.20. The van der Waals surface area contributed by atoms with Gasteiger partial charge in [-0.3, -0.25) is 9.59 Å². The normalized spacial score (nSPS) is 10.4. The Labute approximate surface area is 106 Å². The minimum Gasteiger partial charge on any atom is -0.466 e. The molecule has 1 rings (SSSR count). The molecule has 104 valence electrons. The van der Waals surface area contributed by atoms with Crippen molar-refractivity contribution in [2.75, 3.05) is 6.61 Å². The molecule has 0 heterocycles. The van der Waals surface area contributed by atoms with Gasteiger partial charge in [0.05, 0.1) is 18.6 Å². The molecule has 0 atom stereocenters. The molecule has 0 unspecified atom stereocenters. The number of esters is 1. The fraction of sp³-hybridized carbons (Fsp3) is 0.333. The van der Waals surface area contributed by atoms with Crippen molar-refractivity contribution < 1.29 is 31.9 Å². The van der Waals surface area contributed by atoms with E-state index in [0.29, 0.717) is 0 Å². The lowest BCUT2D eigenvalue weighted by atomic mass is 10.1. The first kappa shape index (κ1) is 15.1. The van der Waals surface area contributed by atoms with Crippen LogP contribution >= 0.6 is 0 Å². The Morgan fingerprint density at radius 3 is 2.26 bits per heavy atom. The maximum Gasteiger partial charge on any atom is 0.306 e. The van der Waals surface area contributed by atoms with Gasteiger partial charge in [0, 0.05) is 6.42 Å². The summed E-state index contributed by atoms with van der Waals surface area (Å²) in [6.07, 6.45) is -0.840. The SMILES string of the molecule is CCOC(=O)CCC(=O)c1cc(F)c(F)c(F)c1F. The summed E-state index contributed by atoms with van der Waals surface area (Å²) in [5, 5.41) is 0. The molecule has 0 spiro atoms. The van der Waals surface area contributed by atoms with Crippen molar-refractivity contribution in [2.45, 2.75) is 19.8 Å². The molecule has 0 aliphatic heterocycles. The average molecular weight is 278 g/mol. The number of halogens is 4. The summed E-state index contributed by atoms with van der Waals surface area (Å²) < 4.78 is 56.2. The van der Waals surface area contributed by atoms with E-state index in [0.717, 1.165) is 0 Å². The predicted molar refractivity (Wildman–Crippen MR) is 56.5 cm³/mol. The summed E-state index contributed by atoms with van der Waals surface area (Å²) in [5.74, 6) is -9.19. The van der Waals surface area contributed by atoms with Crippen LogP contribution in [0.1, 0.15) is 30.1 Å². The van der Waals surface area contributed by atoms with Gasteiger partial charge in [0.1, 0.15) is 0 Å². The summed E-state index contributed by atoms with van der Waals surface area (Å²) >= 11 is 0. The number of hydrogen-bond donors (Lipinski definition) is 0. The van der Waals surface area contributed by atoms with E-state index in [1.807, 2.05) is 0 Å². The van der Waals surface area contributed by atoms with Crippen molar-refractivity contribution in [3.8, 4) is 0 Å². The lowest BCUT2D eigenvalue weighted by Gasteiger charge is -2.05. The number of ether oxygens (including phenoxy) is 1. The van der Waals surface area contributed by atoms with Gasteiger partial charge in [-0.05, 0) is 13.0 Å². The van der Waals surface area contributed by atoms with Gasteiger partial charge in [-0.2, -0.15) is 0 Å². The summed E-state index contributed by atoms with van der Waals surface area (Å²) in [4.78, 5) is 22.5. The molecule has 7 heteroatoms. The van der Waals surface area contributed by atoms with E-state index in [-0.39, 0.29) is 19.1 Å². The topological polar surface area (TPSA) is 43.4 Å². The molecule has 0 aliphatic carbocycles. The Kier molecular flexibility index (Phi) is 5.02. The number of carbonyl (C=O) groups is 2. The highest BCUT2D eigenvalue weighted by atomic mass is 19.2. The number of Topliss-reactive ketones (excluding diaryl/α,β-unsaturated/α-hetero) is 1. The zero-order valence-corrected chi connectivity index (χ0v) is 9.94. The molecule has 1 aromatic carbocycles. The lowest BCUT2D eigenvalue weighted by Crippen LogP contribution is -2.11. The third kappa shape index (κ3) is 3.52. The number of benzene rings is 1. The fourth-order valence-electron chi connectivity index (χ4n) is 1.36. The zero-order valence-electron chi connectivity index (χ0n) is 9.94. The maximum absolute atomic E-state index is 13.2. The molecule has 0 fully saturated rings. The molecule has 0 saturated heterocycles. The number of hydrogen-bond acceptors (Lipinski definition) is 3. The summed E-state index contributed by atoms with van der Waals surface area (Å²) in [7, 11) is 0. The fourth-order valence-corrected chi connectivity index (χ4v) is 1.36. The second-order valence-corrected chi connectivity index (χ2v) is 3.58. The number of rotatable bonds is 5. The van der Waals surface area contributed by atoms with Gasteiger partial charge < -0.3 is 4.74 Å².